The van der Waals surface area contributed by atoms with Crippen LogP contribution in [0.3, 0.4) is 0 Å². The molecule has 3 amide bonds. The first-order valence-electron chi connectivity index (χ1n) is 6.18. The lowest BCUT2D eigenvalue weighted by Crippen LogP contribution is -2.55. The van der Waals surface area contributed by atoms with Crippen molar-refractivity contribution in [3.8, 4) is 0 Å². The van der Waals surface area contributed by atoms with Gasteiger partial charge in [-0.25, -0.2) is 0 Å². The van der Waals surface area contributed by atoms with Gasteiger partial charge in [0, 0.05) is 13.1 Å². The minimum atomic E-state index is -0.405. The van der Waals surface area contributed by atoms with E-state index in [1.807, 2.05) is 0 Å². The van der Waals surface area contributed by atoms with Gasteiger partial charge in [0.25, 0.3) is 0 Å². The van der Waals surface area contributed by atoms with E-state index in [9.17, 15) is 14.4 Å². The number of nitrogens with one attached hydrogen (secondary N) is 2. The lowest BCUT2D eigenvalue weighted by Gasteiger charge is -2.28. The van der Waals surface area contributed by atoms with Gasteiger partial charge in [-0.15, -0.1) is 0 Å². The highest BCUT2D eigenvalue weighted by Gasteiger charge is 2.27. The van der Waals surface area contributed by atoms with Crippen molar-refractivity contribution in [2.45, 2.75) is 6.42 Å². The predicted octanol–water partition coefficient (Wildman–Crippen LogP) is -2.23. The third-order valence-electron chi connectivity index (χ3n) is 3.09. The van der Waals surface area contributed by atoms with Crippen molar-refractivity contribution >= 4 is 17.7 Å². The first-order valence-corrected chi connectivity index (χ1v) is 6.18. The quantitative estimate of drug-likeness (QED) is 0.545. The standard InChI is InChI=1S/C11H18N4O3/c16-9-6-15(7-10(17)13-9)11(18)8-14-4-1-2-12-3-5-14/h12H,1-8H2,(H,13,16,17). The first-order chi connectivity index (χ1) is 8.65. The minimum absolute atomic E-state index is 0.0172. The number of hydrogen-bond acceptors (Lipinski definition) is 5. The average Bonchev–Trinajstić information content (AvgIpc) is 2.56. The Bertz CT molecular complexity index is 334. The molecule has 0 aromatic rings. The van der Waals surface area contributed by atoms with Crippen LogP contribution in [-0.4, -0.2) is 73.3 Å². The maximum absolute atomic E-state index is 12.0. The second-order valence-corrected chi connectivity index (χ2v) is 4.60. The molecule has 7 heteroatoms. The molecule has 2 N–H and O–H groups in total. The van der Waals surface area contributed by atoms with Gasteiger partial charge in [-0.1, -0.05) is 0 Å². The molecule has 2 heterocycles. The van der Waals surface area contributed by atoms with E-state index in [0.717, 1.165) is 32.6 Å². The molecule has 2 aliphatic rings. The highest BCUT2D eigenvalue weighted by Crippen LogP contribution is 2.00. The molecule has 2 aliphatic heterocycles. The Morgan fingerprint density at radius 3 is 2.56 bits per heavy atom. The van der Waals surface area contributed by atoms with E-state index in [1.54, 1.807) is 0 Å². The van der Waals surface area contributed by atoms with Crippen LogP contribution in [-0.2, 0) is 14.4 Å². The Hall–Kier alpha value is -1.47. The number of rotatable bonds is 2. The first kappa shape index (κ1) is 13.0. The van der Waals surface area contributed by atoms with E-state index < -0.39 is 11.8 Å². The van der Waals surface area contributed by atoms with E-state index in [0.29, 0.717) is 0 Å². The Labute approximate surface area is 105 Å². The Kier molecular flexibility index (Phi) is 4.27. The summed E-state index contributed by atoms with van der Waals surface area (Å²) in [5.41, 5.74) is 0. The van der Waals surface area contributed by atoms with Crippen LogP contribution < -0.4 is 10.6 Å². The number of nitrogens with zero attached hydrogens (tertiary/aromatic N) is 2. The molecule has 0 atom stereocenters. The Balaban J connectivity index is 1.86. The SMILES string of the molecule is O=C1CN(C(=O)CN2CCCNCC2)CC(=O)N1. The summed E-state index contributed by atoms with van der Waals surface area (Å²) in [5.74, 6) is -0.964. The van der Waals surface area contributed by atoms with Crippen molar-refractivity contribution in [1.29, 1.82) is 0 Å². The summed E-state index contributed by atoms with van der Waals surface area (Å²) in [6.07, 6.45) is 1.01. The Morgan fingerprint density at radius 1 is 1.11 bits per heavy atom. The molecule has 0 aliphatic carbocycles. The van der Waals surface area contributed by atoms with Crippen LogP contribution in [0.15, 0.2) is 0 Å². The molecule has 18 heavy (non-hydrogen) atoms. The third kappa shape index (κ3) is 3.51. The molecule has 2 fully saturated rings. The van der Waals surface area contributed by atoms with Crippen LogP contribution in [0.4, 0.5) is 0 Å². The molecule has 0 aromatic heterocycles. The molecule has 7 nitrogen and oxygen atoms in total. The van der Waals surface area contributed by atoms with Crippen molar-refractivity contribution in [3.05, 3.63) is 0 Å². The van der Waals surface area contributed by atoms with Crippen LogP contribution in [0.25, 0.3) is 0 Å². The zero-order valence-electron chi connectivity index (χ0n) is 10.3. The maximum Gasteiger partial charge on any atom is 0.246 e. The number of hydrogen-bond donors (Lipinski definition) is 2. The fraction of sp³-hybridized carbons (Fsp3) is 0.727. The molecule has 0 aromatic carbocycles. The largest absolute Gasteiger partial charge is 0.323 e. The monoisotopic (exact) mass is 254 g/mol. The van der Waals surface area contributed by atoms with Crippen molar-refractivity contribution in [2.75, 3.05) is 45.8 Å². The van der Waals surface area contributed by atoms with Gasteiger partial charge in [0.2, 0.25) is 17.7 Å². The second-order valence-electron chi connectivity index (χ2n) is 4.60. The smallest absolute Gasteiger partial charge is 0.246 e. The van der Waals surface area contributed by atoms with Gasteiger partial charge in [-0.2, -0.15) is 0 Å². The van der Waals surface area contributed by atoms with Crippen LogP contribution in [0.5, 0.6) is 0 Å². The van der Waals surface area contributed by atoms with Gasteiger partial charge in [0.1, 0.15) is 13.1 Å². The topological polar surface area (TPSA) is 81.8 Å². The highest BCUT2D eigenvalue weighted by atomic mass is 16.2. The molecule has 0 radical (unpaired) electrons. The van der Waals surface area contributed by atoms with Crippen LogP contribution in [0.1, 0.15) is 6.42 Å². The van der Waals surface area contributed by atoms with E-state index in [2.05, 4.69) is 15.5 Å². The Morgan fingerprint density at radius 2 is 1.83 bits per heavy atom. The van der Waals surface area contributed by atoms with Crippen molar-refractivity contribution < 1.29 is 14.4 Å². The summed E-state index contributed by atoms with van der Waals surface area (Å²) >= 11 is 0. The third-order valence-corrected chi connectivity index (χ3v) is 3.09. The lowest BCUT2D eigenvalue weighted by molar-refractivity contribution is -0.145. The average molecular weight is 254 g/mol. The predicted molar refractivity (Wildman–Crippen MR) is 63.7 cm³/mol. The zero-order valence-corrected chi connectivity index (χ0v) is 10.3. The van der Waals surface area contributed by atoms with Gasteiger partial charge < -0.3 is 10.2 Å². The second kappa shape index (κ2) is 5.92. The summed E-state index contributed by atoms with van der Waals surface area (Å²) in [5, 5.41) is 5.44. The van der Waals surface area contributed by atoms with Crippen LogP contribution >= 0.6 is 0 Å². The lowest BCUT2D eigenvalue weighted by atomic mass is 10.3. The summed E-state index contributed by atoms with van der Waals surface area (Å²) in [4.78, 5) is 37.7. The minimum Gasteiger partial charge on any atom is -0.323 e. The van der Waals surface area contributed by atoms with Crippen LogP contribution in [0, 0.1) is 0 Å². The summed E-state index contributed by atoms with van der Waals surface area (Å²) in [6, 6.07) is 0. The normalized spacial score (nSPS) is 22.6. The fourth-order valence-electron chi connectivity index (χ4n) is 2.16. The fourth-order valence-corrected chi connectivity index (χ4v) is 2.16. The summed E-state index contributed by atoms with van der Waals surface area (Å²) in [7, 11) is 0. The highest BCUT2D eigenvalue weighted by molar-refractivity contribution is 6.02. The van der Waals surface area contributed by atoms with E-state index in [1.165, 1.54) is 4.90 Å². The molecular formula is C11H18N4O3. The number of imide groups is 1. The van der Waals surface area contributed by atoms with Crippen molar-refractivity contribution in [1.82, 2.24) is 20.4 Å². The zero-order chi connectivity index (χ0) is 13.0. The molecule has 0 spiro atoms. The number of amides is 3. The molecular weight excluding hydrogens is 236 g/mol. The van der Waals surface area contributed by atoms with E-state index in [-0.39, 0.29) is 25.5 Å². The maximum atomic E-state index is 12.0. The molecule has 0 bridgehead atoms. The molecule has 0 saturated carbocycles. The van der Waals surface area contributed by atoms with Gasteiger partial charge in [-0.05, 0) is 19.5 Å². The van der Waals surface area contributed by atoms with Crippen molar-refractivity contribution in [3.63, 3.8) is 0 Å². The van der Waals surface area contributed by atoms with Gasteiger partial charge in [-0.3, -0.25) is 24.6 Å². The summed E-state index contributed by atoms with van der Waals surface area (Å²) < 4.78 is 0. The van der Waals surface area contributed by atoms with Crippen LogP contribution in [0.2, 0.25) is 0 Å². The van der Waals surface area contributed by atoms with E-state index in [4.69, 9.17) is 0 Å². The van der Waals surface area contributed by atoms with Crippen molar-refractivity contribution in [2.24, 2.45) is 0 Å². The number of piperazine rings is 1. The molecule has 2 rings (SSSR count). The number of carbonyl (C=O) groups is 3. The number of carbonyl (C=O) groups excluding carboxylic acids is 3. The molecule has 2 saturated heterocycles. The molecule has 0 unspecified atom stereocenters. The summed E-state index contributed by atoms with van der Waals surface area (Å²) in [6.45, 7) is 3.77. The van der Waals surface area contributed by atoms with E-state index >= 15 is 0 Å². The molecule has 100 valence electrons. The van der Waals surface area contributed by atoms with Gasteiger partial charge >= 0.3 is 0 Å². The van der Waals surface area contributed by atoms with Gasteiger partial charge in [0.15, 0.2) is 0 Å². The van der Waals surface area contributed by atoms with Gasteiger partial charge in [0.05, 0.1) is 6.54 Å².